The first-order valence-corrected chi connectivity index (χ1v) is 6.02. The van der Waals surface area contributed by atoms with E-state index in [9.17, 15) is 4.79 Å². The predicted molar refractivity (Wildman–Crippen MR) is 60.2 cm³/mol. The monoisotopic (exact) mass is 260 g/mol. The first-order chi connectivity index (χ1) is 8.11. The van der Waals surface area contributed by atoms with Crippen molar-refractivity contribution >= 4 is 14.8 Å². The van der Waals surface area contributed by atoms with Crippen molar-refractivity contribution < 1.29 is 28.6 Å². The Bertz CT molecular complexity index is 350. The van der Waals surface area contributed by atoms with Crippen molar-refractivity contribution in [2.45, 2.75) is 13.5 Å². The number of hydrogen-bond acceptors (Lipinski definition) is 6. The zero-order valence-electron chi connectivity index (χ0n) is 9.20. The van der Waals surface area contributed by atoms with E-state index in [1.807, 2.05) is 0 Å². The highest BCUT2D eigenvalue weighted by Gasteiger charge is 2.05. The maximum Gasteiger partial charge on any atom is 0.508 e. The van der Waals surface area contributed by atoms with Gasteiger partial charge in [0, 0.05) is 0 Å². The Morgan fingerprint density at radius 2 is 1.88 bits per heavy atom. The molecule has 0 radical (unpaired) electrons. The van der Waals surface area contributed by atoms with Crippen LogP contribution in [0.3, 0.4) is 0 Å². The molecule has 1 aromatic carbocycles. The molecule has 0 aliphatic carbocycles. The molecule has 0 bridgehead atoms. The molecule has 6 nitrogen and oxygen atoms in total. The Balaban J connectivity index is 2.42. The van der Waals surface area contributed by atoms with Gasteiger partial charge < -0.3 is 23.8 Å². The van der Waals surface area contributed by atoms with E-state index in [-0.39, 0.29) is 13.2 Å². The number of ether oxygens (including phenoxy) is 2. The summed E-state index contributed by atoms with van der Waals surface area (Å²) in [7, 11) is -2.41. The fourth-order valence-corrected chi connectivity index (χ4v) is 1.35. The molecule has 0 amide bonds. The number of carbonyl (C=O) groups excluding carboxylic acids is 1. The van der Waals surface area contributed by atoms with Crippen LogP contribution in [0, 0.1) is 0 Å². The minimum atomic E-state index is -2.41. The number of benzene rings is 1. The minimum absolute atomic E-state index is 0.0894. The fraction of sp³-hybridized carbons (Fsp3) is 0.300. The van der Waals surface area contributed by atoms with Crippen molar-refractivity contribution in [3.05, 3.63) is 29.8 Å². The van der Waals surface area contributed by atoms with E-state index in [4.69, 9.17) is 14.5 Å². The van der Waals surface area contributed by atoms with Crippen LogP contribution < -0.4 is 4.52 Å². The van der Waals surface area contributed by atoms with E-state index in [0.717, 1.165) is 5.56 Å². The average molecular weight is 260 g/mol. The van der Waals surface area contributed by atoms with E-state index in [2.05, 4.69) is 9.26 Å². The van der Waals surface area contributed by atoms with Crippen LogP contribution in [0.25, 0.3) is 0 Å². The molecule has 1 aromatic rings. The van der Waals surface area contributed by atoms with Crippen LogP contribution in [0.5, 0.6) is 5.75 Å². The van der Waals surface area contributed by atoms with E-state index in [1.54, 1.807) is 31.2 Å². The summed E-state index contributed by atoms with van der Waals surface area (Å²) >= 11 is 0. The van der Waals surface area contributed by atoms with Crippen LogP contribution in [0.1, 0.15) is 12.5 Å². The van der Waals surface area contributed by atoms with Gasteiger partial charge in [0.25, 0.3) is 0 Å². The van der Waals surface area contributed by atoms with Crippen molar-refractivity contribution in [1.82, 2.24) is 0 Å². The highest BCUT2D eigenvalue weighted by atomic mass is 31.2. The van der Waals surface area contributed by atoms with Crippen molar-refractivity contribution in [2.75, 3.05) is 6.61 Å². The Morgan fingerprint density at radius 3 is 2.41 bits per heavy atom. The third-order valence-corrected chi connectivity index (χ3v) is 2.10. The lowest BCUT2D eigenvalue weighted by atomic mass is 10.2. The maximum absolute atomic E-state index is 10.9. The summed E-state index contributed by atoms with van der Waals surface area (Å²) in [6.07, 6.45) is -0.720. The lowest BCUT2D eigenvalue weighted by Gasteiger charge is -2.07. The number of hydrogen-bond donors (Lipinski definition) is 2. The Morgan fingerprint density at radius 1 is 1.24 bits per heavy atom. The first-order valence-electron chi connectivity index (χ1n) is 4.86. The van der Waals surface area contributed by atoms with Gasteiger partial charge in [0.2, 0.25) is 0 Å². The fourth-order valence-electron chi connectivity index (χ4n) is 1.04. The molecule has 0 unspecified atom stereocenters. The third kappa shape index (κ3) is 5.49. The van der Waals surface area contributed by atoms with E-state index in [1.165, 1.54) is 0 Å². The van der Waals surface area contributed by atoms with Gasteiger partial charge in [-0.25, -0.2) is 4.79 Å². The van der Waals surface area contributed by atoms with Gasteiger partial charge in [-0.15, -0.1) is 0 Å². The molecule has 0 saturated heterocycles. The summed E-state index contributed by atoms with van der Waals surface area (Å²) in [5.74, 6) is 0.334. The van der Waals surface area contributed by atoms with Crippen LogP contribution in [-0.4, -0.2) is 22.5 Å². The number of rotatable bonds is 5. The zero-order valence-corrected chi connectivity index (χ0v) is 10.1. The van der Waals surface area contributed by atoms with Gasteiger partial charge in [-0.1, -0.05) is 12.1 Å². The standard InChI is InChI=1S/C10H13O6P/c1-2-14-10(11)15-7-8-3-5-9(6-4-8)16-17(12)13/h3-6,12-13H,2,7H2,1H3. The largest absolute Gasteiger partial charge is 0.508 e. The molecule has 0 aliphatic rings. The maximum atomic E-state index is 10.9. The SMILES string of the molecule is CCOC(=O)OCc1ccc(OP(O)O)cc1. The van der Waals surface area contributed by atoms with Crippen molar-refractivity contribution in [1.29, 1.82) is 0 Å². The van der Waals surface area contributed by atoms with E-state index >= 15 is 0 Å². The summed E-state index contributed by atoms with van der Waals surface area (Å²) in [5.41, 5.74) is 0.741. The Hall–Kier alpha value is -1.36. The van der Waals surface area contributed by atoms with Crippen molar-refractivity contribution in [2.24, 2.45) is 0 Å². The third-order valence-electron chi connectivity index (χ3n) is 1.73. The van der Waals surface area contributed by atoms with Gasteiger partial charge in [0.15, 0.2) is 0 Å². The molecule has 94 valence electrons. The van der Waals surface area contributed by atoms with Crippen LogP contribution >= 0.6 is 8.60 Å². The molecule has 7 heteroatoms. The van der Waals surface area contributed by atoms with Crippen molar-refractivity contribution in [3.8, 4) is 5.75 Å². The van der Waals surface area contributed by atoms with Crippen LogP contribution in [0.4, 0.5) is 4.79 Å². The van der Waals surface area contributed by atoms with Gasteiger partial charge in [0.05, 0.1) is 6.61 Å². The van der Waals surface area contributed by atoms with E-state index < -0.39 is 14.8 Å². The second-order valence-corrected chi connectivity index (χ2v) is 3.65. The molecule has 0 heterocycles. The molecule has 0 saturated carbocycles. The van der Waals surface area contributed by atoms with Crippen LogP contribution in [0.15, 0.2) is 24.3 Å². The Labute approximate surface area is 99.7 Å². The molecule has 0 atom stereocenters. The predicted octanol–water partition coefficient (Wildman–Crippen LogP) is 1.95. The van der Waals surface area contributed by atoms with Gasteiger partial charge in [0.1, 0.15) is 12.4 Å². The Kier molecular flexibility index (Phi) is 5.69. The summed E-state index contributed by atoms with van der Waals surface area (Å²) < 4.78 is 14.1. The molecule has 0 fully saturated rings. The molecule has 0 spiro atoms. The van der Waals surface area contributed by atoms with E-state index in [0.29, 0.717) is 5.75 Å². The highest BCUT2D eigenvalue weighted by molar-refractivity contribution is 7.39. The summed E-state index contributed by atoms with van der Waals surface area (Å²) in [6.45, 7) is 2.05. The molecule has 0 aromatic heterocycles. The molecular formula is C10H13O6P. The molecule has 1 rings (SSSR count). The second-order valence-electron chi connectivity index (χ2n) is 2.96. The average Bonchev–Trinajstić information content (AvgIpc) is 2.28. The van der Waals surface area contributed by atoms with Crippen molar-refractivity contribution in [3.63, 3.8) is 0 Å². The smallest absolute Gasteiger partial charge is 0.435 e. The minimum Gasteiger partial charge on any atom is -0.435 e. The normalized spacial score (nSPS) is 10.1. The lowest BCUT2D eigenvalue weighted by molar-refractivity contribution is 0.0536. The van der Waals surface area contributed by atoms with Gasteiger partial charge in [-0.3, -0.25) is 0 Å². The lowest BCUT2D eigenvalue weighted by Crippen LogP contribution is -2.06. The topological polar surface area (TPSA) is 85.2 Å². The molecule has 2 N–H and O–H groups in total. The summed E-state index contributed by atoms with van der Waals surface area (Å²) in [6, 6.07) is 6.39. The molecule has 0 aliphatic heterocycles. The molecule has 17 heavy (non-hydrogen) atoms. The van der Waals surface area contributed by atoms with Gasteiger partial charge in [-0.05, 0) is 24.6 Å². The van der Waals surface area contributed by atoms with Gasteiger partial charge >= 0.3 is 14.8 Å². The number of carbonyl (C=O) groups is 1. The summed E-state index contributed by atoms with van der Waals surface area (Å²) in [5, 5.41) is 0. The zero-order chi connectivity index (χ0) is 12.7. The quantitative estimate of drug-likeness (QED) is 0.621. The summed E-state index contributed by atoms with van der Waals surface area (Å²) in [4.78, 5) is 28.1. The van der Waals surface area contributed by atoms with Gasteiger partial charge in [-0.2, -0.15) is 0 Å². The van der Waals surface area contributed by atoms with Crippen LogP contribution in [-0.2, 0) is 16.1 Å². The molecular weight excluding hydrogens is 247 g/mol. The second kappa shape index (κ2) is 7.06. The highest BCUT2D eigenvalue weighted by Crippen LogP contribution is 2.28. The first kappa shape index (κ1) is 13.7. The van der Waals surface area contributed by atoms with Crippen LogP contribution in [0.2, 0.25) is 0 Å².